The summed E-state index contributed by atoms with van der Waals surface area (Å²) in [5.74, 6) is 0. The molecule has 158 valence electrons. The highest BCUT2D eigenvalue weighted by atomic mass is 35.5. The molecule has 29 heavy (non-hydrogen) atoms. The molecule has 1 fully saturated rings. The summed E-state index contributed by atoms with van der Waals surface area (Å²) in [6, 6.07) is 7.47. The molecule has 3 rings (SSSR count). The largest absolute Gasteiger partial charge is 0.379 e. The lowest BCUT2D eigenvalue weighted by molar-refractivity contribution is 0.0730. The number of rotatable bonds is 5. The molecule has 0 aliphatic carbocycles. The van der Waals surface area contributed by atoms with Crippen molar-refractivity contribution >= 4 is 65.6 Å². The first kappa shape index (κ1) is 22.5. The second-order valence-electron chi connectivity index (χ2n) is 5.79. The van der Waals surface area contributed by atoms with Crippen molar-refractivity contribution in [3.05, 3.63) is 40.7 Å². The van der Waals surface area contributed by atoms with E-state index in [1.807, 2.05) is 0 Å². The van der Waals surface area contributed by atoms with Crippen LogP contribution in [0.2, 0.25) is 5.02 Å². The molecule has 0 atom stereocenters. The van der Waals surface area contributed by atoms with Gasteiger partial charge in [0.05, 0.1) is 18.2 Å². The SMILES string of the molecule is CS/C(=N\S(=O)(=O)c1cccs1)Nc1ccc(Cl)c(S(=O)(=O)N2CCOCC2)c1. The Bertz CT molecular complexity index is 1100. The average Bonchev–Trinajstić information content (AvgIpc) is 3.25. The molecular weight excluding hydrogens is 478 g/mol. The number of nitrogens with zero attached hydrogens (tertiary/aromatic N) is 2. The van der Waals surface area contributed by atoms with Crippen LogP contribution in [0.1, 0.15) is 0 Å². The van der Waals surface area contributed by atoms with Gasteiger partial charge in [0, 0.05) is 18.8 Å². The predicted octanol–water partition coefficient (Wildman–Crippen LogP) is 2.94. The van der Waals surface area contributed by atoms with Crippen LogP contribution in [0.5, 0.6) is 0 Å². The Morgan fingerprint density at radius 2 is 1.97 bits per heavy atom. The molecule has 0 saturated carbocycles. The van der Waals surface area contributed by atoms with Gasteiger partial charge in [0.15, 0.2) is 5.17 Å². The van der Waals surface area contributed by atoms with E-state index in [1.54, 1.807) is 23.8 Å². The Morgan fingerprint density at radius 3 is 2.59 bits per heavy atom. The topological polar surface area (TPSA) is 105 Å². The van der Waals surface area contributed by atoms with Crippen molar-refractivity contribution in [3.8, 4) is 0 Å². The van der Waals surface area contributed by atoms with Gasteiger partial charge >= 0.3 is 0 Å². The van der Waals surface area contributed by atoms with Gasteiger partial charge in [-0.05, 0) is 35.9 Å². The lowest BCUT2D eigenvalue weighted by Gasteiger charge is -2.26. The van der Waals surface area contributed by atoms with Crippen molar-refractivity contribution in [2.24, 2.45) is 4.40 Å². The maximum absolute atomic E-state index is 12.9. The molecule has 1 aliphatic rings. The van der Waals surface area contributed by atoms with E-state index in [1.165, 1.54) is 22.5 Å². The first-order valence-corrected chi connectivity index (χ1v) is 13.7. The van der Waals surface area contributed by atoms with Crippen LogP contribution in [0.15, 0.2) is 49.2 Å². The van der Waals surface area contributed by atoms with Crippen molar-refractivity contribution in [2.45, 2.75) is 9.10 Å². The second-order valence-corrected chi connectivity index (χ2v) is 11.7. The molecular formula is C16H18ClN3O5S4. The number of thioether (sulfide) groups is 1. The fourth-order valence-corrected chi connectivity index (χ4v) is 7.04. The van der Waals surface area contributed by atoms with Crippen LogP contribution in [0.3, 0.4) is 0 Å². The van der Waals surface area contributed by atoms with Crippen LogP contribution >= 0.6 is 34.7 Å². The van der Waals surface area contributed by atoms with E-state index >= 15 is 0 Å². The molecule has 0 unspecified atom stereocenters. The van der Waals surface area contributed by atoms with Crippen molar-refractivity contribution in [2.75, 3.05) is 37.9 Å². The van der Waals surface area contributed by atoms with Crippen LogP contribution < -0.4 is 5.32 Å². The van der Waals surface area contributed by atoms with E-state index in [4.69, 9.17) is 16.3 Å². The number of sulfonamides is 2. The summed E-state index contributed by atoms with van der Waals surface area (Å²) in [5, 5.41) is 4.70. The summed E-state index contributed by atoms with van der Waals surface area (Å²) in [4.78, 5) is -0.0624. The highest BCUT2D eigenvalue weighted by Gasteiger charge is 2.28. The second kappa shape index (κ2) is 9.33. The van der Waals surface area contributed by atoms with Gasteiger partial charge in [0.1, 0.15) is 9.10 Å². The third-order valence-corrected chi connectivity index (χ3v) is 9.64. The normalized spacial score (nSPS) is 16.7. The standard InChI is InChI=1S/C16H18ClN3O5S4/c1-26-16(19-28(21,22)15-3-2-10-27-15)18-12-4-5-13(17)14(11-12)29(23,24)20-6-8-25-9-7-20/h2-5,10-11H,6-9H2,1H3,(H,18,19). The molecule has 1 aromatic carbocycles. The molecule has 1 aromatic heterocycles. The summed E-state index contributed by atoms with van der Waals surface area (Å²) >= 11 is 8.31. The maximum atomic E-state index is 12.9. The van der Waals surface area contributed by atoms with Gasteiger partial charge in [0.25, 0.3) is 10.0 Å². The number of anilines is 1. The van der Waals surface area contributed by atoms with E-state index in [0.717, 1.165) is 23.1 Å². The average molecular weight is 496 g/mol. The third kappa shape index (κ3) is 5.32. The lowest BCUT2D eigenvalue weighted by Crippen LogP contribution is -2.40. The third-order valence-electron chi connectivity index (χ3n) is 3.92. The molecule has 0 bridgehead atoms. The molecule has 0 amide bonds. The number of nitrogens with one attached hydrogen (secondary N) is 1. The predicted molar refractivity (Wildman–Crippen MR) is 117 cm³/mol. The van der Waals surface area contributed by atoms with E-state index in [0.29, 0.717) is 18.9 Å². The Morgan fingerprint density at radius 1 is 1.24 bits per heavy atom. The monoisotopic (exact) mass is 495 g/mol. The Kier molecular flexibility index (Phi) is 7.25. The van der Waals surface area contributed by atoms with Gasteiger partial charge in [-0.1, -0.05) is 29.4 Å². The summed E-state index contributed by atoms with van der Waals surface area (Å²) in [7, 11) is -7.67. The number of hydrogen-bond acceptors (Lipinski definition) is 7. The summed E-state index contributed by atoms with van der Waals surface area (Å²) in [6.45, 7) is 1.12. The summed E-state index contributed by atoms with van der Waals surface area (Å²) in [6.07, 6.45) is 1.66. The van der Waals surface area contributed by atoms with Crippen LogP contribution in [0, 0.1) is 0 Å². The Hall–Kier alpha value is -1.15. The number of morpholine rings is 1. The highest BCUT2D eigenvalue weighted by molar-refractivity contribution is 8.14. The molecule has 0 spiro atoms. The number of halogens is 1. The number of thiophene rings is 1. The Labute approximate surface area is 183 Å². The van der Waals surface area contributed by atoms with E-state index in [9.17, 15) is 16.8 Å². The fraction of sp³-hybridized carbons (Fsp3) is 0.312. The van der Waals surface area contributed by atoms with Gasteiger partial charge in [0.2, 0.25) is 10.0 Å². The van der Waals surface area contributed by atoms with Crippen molar-refractivity contribution < 1.29 is 21.6 Å². The van der Waals surface area contributed by atoms with Gasteiger partial charge in [-0.3, -0.25) is 0 Å². The van der Waals surface area contributed by atoms with Gasteiger partial charge in [-0.25, -0.2) is 8.42 Å². The van der Waals surface area contributed by atoms with Crippen molar-refractivity contribution in [1.82, 2.24) is 4.31 Å². The van der Waals surface area contributed by atoms with Crippen LogP contribution in [-0.4, -0.2) is 58.9 Å². The summed E-state index contributed by atoms with van der Waals surface area (Å²) in [5.41, 5.74) is 0.357. The zero-order valence-corrected chi connectivity index (χ0v) is 19.3. The molecule has 1 saturated heterocycles. The lowest BCUT2D eigenvalue weighted by atomic mass is 10.3. The van der Waals surface area contributed by atoms with E-state index < -0.39 is 20.0 Å². The van der Waals surface area contributed by atoms with E-state index in [-0.39, 0.29) is 32.4 Å². The van der Waals surface area contributed by atoms with Gasteiger partial charge in [-0.2, -0.15) is 12.7 Å². The quantitative estimate of drug-likeness (QED) is 0.502. The summed E-state index contributed by atoms with van der Waals surface area (Å²) < 4.78 is 61.1. The molecule has 13 heteroatoms. The molecule has 2 heterocycles. The first-order valence-electron chi connectivity index (χ1n) is 8.31. The molecule has 1 N–H and O–H groups in total. The first-order chi connectivity index (χ1) is 13.7. The molecule has 1 aliphatic heterocycles. The number of ether oxygens (including phenoxy) is 1. The van der Waals surface area contributed by atoms with Crippen molar-refractivity contribution in [1.29, 1.82) is 0 Å². The van der Waals surface area contributed by atoms with E-state index in [2.05, 4.69) is 9.71 Å². The minimum Gasteiger partial charge on any atom is -0.379 e. The maximum Gasteiger partial charge on any atom is 0.294 e. The molecule has 0 radical (unpaired) electrons. The van der Waals surface area contributed by atoms with Gasteiger partial charge < -0.3 is 10.1 Å². The molecule has 8 nitrogen and oxygen atoms in total. The number of benzene rings is 1. The minimum absolute atomic E-state index is 0.0624. The fourth-order valence-electron chi connectivity index (χ4n) is 2.50. The van der Waals surface area contributed by atoms with Gasteiger partial charge in [-0.15, -0.1) is 15.7 Å². The molecule has 2 aromatic rings. The van der Waals surface area contributed by atoms with Crippen LogP contribution in [0.4, 0.5) is 5.69 Å². The Balaban J connectivity index is 1.90. The smallest absolute Gasteiger partial charge is 0.294 e. The number of amidine groups is 1. The number of hydrogen-bond donors (Lipinski definition) is 1. The van der Waals surface area contributed by atoms with Crippen LogP contribution in [-0.2, 0) is 24.8 Å². The van der Waals surface area contributed by atoms with Crippen molar-refractivity contribution in [3.63, 3.8) is 0 Å². The highest BCUT2D eigenvalue weighted by Crippen LogP contribution is 2.29. The van der Waals surface area contributed by atoms with Crippen LogP contribution in [0.25, 0.3) is 0 Å². The zero-order chi connectivity index (χ0) is 21.1. The minimum atomic E-state index is -3.86. The zero-order valence-electron chi connectivity index (χ0n) is 15.2.